The van der Waals surface area contributed by atoms with E-state index in [0.29, 0.717) is 12.2 Å². The summed E-state index contributed by atoms with van der Waals surface area (Å²) in [6.45, 7) is 2.48. The maximum atomic E-state index is 12.1. The number of hydrogen-bond donors (Lipinski definition) is 0. The fourth-order valence-corrected chi connectivity index (χ4v) is 4.21. The lowest BCUT2D eigenvalue weighted by Gasteiger charge is -2.39. The van der Waals surface area contributed by atoms with Crippen molar-refractivity contribution in [1.82, 2.24) is 24.4 Å². The molecule has 7 heteroatoms. The standard InChI is InChI=1S/C24H27N5O2/c1-27(2)24(31)19-14-28(15-19)13-16-6-8-17(9-7-16)20-4-3-5-23-25-22(26-29(20)23)12-21(30)18-10-11-18/h3-9,18-19H,10-15H2,1-2H3. The van der Waals surface area contributed by atoms with E-state index in [4.69, 9.17) is 0 Å². The van der Waals surface area contributed by atoms with E-state index in [1.807, 2.05) is 36.8 Å². The van der Waals surface area contributed by atoms with Gasteiger partial charge in [-0.2, -0.15) is 5.10 Å². The van der Waals surface area contributed by atoms with Gasteiger partial charge in [-0.1, -0.05) is 30.3 Å². The van der Waals surface area contributed by atoms with Crippen molar-refractivity contribution in [2.75, 3.05) is 27.2 Å². The number of amides is 1. The van der Waals surface area contributed by atoms with Gasteiger partial charge in [-0.05, 0) is 30.5 Å². The predicted octanol–water partition coefficient (Wildman–Crippen LogP) is 2.44. The molecule has 0 spiro atoms. The molecule has 1 aliphatic carbocycles. The van der Waals surface area contributed by atoms with E-state index in [1.54, 1.807) is 4.90 Å². The second kappa shape index (κ2) is 7.89. The van der Waals surface area contributed by atoms with Gasteiger partial charge >= 0.3 is 0 Å². The van der Waals surface area contributed by atoms with Crippen LogP contribution in [0.5, 0.6) is 0 Å². The lowest BCUT2D eigenvalue weighted by molar-refractivity contribution is -0.138. The molecule has 0 atom stereocenters. The van der Waals surface area contributed by atoms with Crippen molar-refractivity contribution in [2.24, 2.45) is 11.8 Å². The molecule has 1 amide bonds. The highest BCUT2D eigenvalue weighted by Gasteiger charge is 2.33. The maximum absolute atomic E-state index is 12.1. The average molecular weight is 418 g/mol. The number of rotatable bonds is 7. The van der Waals surface area contributed by atoms with Gasteiger partial charge < -0.3 is 4.90 Å². The third-order valence-corrected chi connectivity index (χ3v) is 6.17. The zero-order chi connectivity index (χ0) is 21.5. The first-order chi connectivity index (χ1) is 15.0. The van der Waals surface area contributed by atoms with Crippen LogP contribution in [-0.2, 0) is 22.6 Å². The van der Waals surface area contributed by atoms with Crippen molar-refractivity contribution in [1.29, 1.82) is 0 Å². The topological polar surface area (TPSA) is 70.8 Å². The number of carbonyl (C=O) groups excluding carboxylic acids is 2. The van der Waals surface area contributed by atoms with Crippen molar-refractivity contribution in [2.45, 2.75) is 25.8 Å². The van der Waals surface area contributed by atoms with Crippen LogP contribution in [0.15, 0.2) is 42.5 Å². The molecule has 0 N–H and O–H groups in total. The van der Waals surface area contributed by atoms with Gasteiger partial charge in [0.25, 0.3) is 0 Å². The molecule has 1 saturated heterocycles. The van der Waals surface area contributed by atoms with Crippen LogP contribution in [-0.4, -0.2) is 63.3 Å². The molecule has 2 aromatic heterocycles. The first-order valence-corrected chi connectivity index (χ1v) is 10.9. The van der Waals surface area contributed by atoms with E-state index in [-0.39, 0.29) is 23.5 Å². The first kappa shape index (κ1) is 19.9. The lowest BCUT2D eigenvalue weighted by atomic mass is 9.97. The van der Waals surface area contributed by atoms with Crippen molar-refractivity contribution in [3.05, 3.63) is 53.9 Å². The fourth-order valence-electron chi connectivity index (χ4n) is 4.21. The number of hydrogen-bond acceptors (Lipinski definition) is 5. The van der Waals surface area contributed by atoms with E-state index in [1.165, 1.54) is 5.56 Å². The number of fused-ring (bicyclic) bond motifs is 1. The predicted molar refractivity (Wildman–Crippen MR) is 117 cm³/mol. The van der Waals surface area contributed by atoms with Crippen molar-refractivity contribution < 1.29 is 9.59 Å². The van der Waals surface area contributed by atoms with Gasteiger partial charge in [-0.3, -0.25) is 14.5 Å². The molecule has 3 heterocycles. The van der Waals surface area contributed by atoms with Gasteiger partial charge in [0.15, 0.2) is 11.5 Å². The van der Waals surface area contributed by atoms with Crippen molar-refractivity contribution in [3.8, 4) is 11.3 Å². The number of aromatic nitrogens is 3. The fraction of sp³-hybridized carbons (Fsp3) is 0.417. The molecule has 0 unspecified atom stereocenters. The first-order valence-electron chi connectivity index (χ1n) is 10.9. The highest BCUT2D eigenvalue weighted by Crippen LogP contribution is 2.31. The Morgan fingerprint density at radius 2 is 1.77 bits per heavy atom. The van der Waals surface area contributed by atoms with E-state index in [0.717, 1.165) is 49.4 Å². The van der Waals surface area contributed by atoms with Gasteiger partial charge in [0, 0.05) is 45.2 Å². The van der Waals surface area contributed by atoms with Crippen LogP contribution in [0.25, 0.3) is 16.9 Å². The third-order valence-electron chi connectivity index (χ3n) is 6.17. The van der Waals surface area contributed by atoms with Gasteiger partial charge in [0.05, 0.1) is 18.0 Å². The summed E-state index contributed by atoms with van der Waals surface area (Å²) >= 11 is 0. The summed E-state index contributed by atoms with van der Waals surface area (Å²) in [6.07, 6.45) is 2.33. The molecule has 5 rings (SSSR count). The molecule has 2 fully saturated rings. The molecule has 160 valence electrons. The van der Waals surface area contributed by atoms with Crippen LogP contribution in [0.4, 0.5) is 0 Å². The molecule has 1 aliphatic heterocycles. The maximum Gasteiger partial charge on any atom is 0.227 e. The molecule has 7 nitrogen and oxygen atoms in total. The summed E-state index contributed by atoms with van der Waals surface area (Å²) in [5.74, 6) is 1.41. The normalized spacial score (nSPS) is 17.0. The highest BCUT2D eigenvalue weighted by molar-refractivity contribution is 5.84. The van der Waals surface area contributed by atoms with Gasteiger partial charge in [0.1, 0.15) is 5.78 Å². The van der Waals surface area contributed by atoms with Crippen LogP contribution in [0, 0.1) is 11.8 Å². The molecular formula is C24H27N5O2. The van der Waals surface area contributed by atoms with Crippen LogP contribution in [0.1, 0.15) is 24.2 Å². The van der Waals surface area contributed by atoms with Gasteiger partial charge in [-0.15, -0.1) is 0 Å². The Bertz CT molecular complexity index is 1120. The Balaban J connectivity index is 1.28. The number of carbonyl (C=O) groups is 2. The Morgan fingerprint density at radius 3 is 2.45 bits per heavy atom. The van der Waals surface area contributed by atoms with Crippen LogP contribution in [0.2, 0.25) is 0 Å². The van der Waals surface area contributed by atoms with Crippen LogP contribution >= 0.6 is 0 Å². The molecule has 0 bridgehead atoms. The van der Waals surface area contributed by atoms with Crippen LogP contribution in [0.3, 0.4) is 0 Å². The third kappa shape index (κ3) is 4.10. The average Bonchev–Trinajstić information content (AvgIpc) is 3.50. The Hall–Kier alpha value is -3.06. The number of nitrogens with zero attached hydrogens (tertiary/aromatic N) is 5. The largest absolute Gasteiger partial charge is 0.348 e. The summed E-state index contributed by atoms with van der Waals surface area (Å²) < 4.78 is 1.83. The Labute approximate surface area is 181 Å². The number of Topliss-reactive ketones (excluding diaryl/α,β-unsaturated/α-hetero) is 1. The highest BCUT2D eigenvalue weighted by atomic mass is 16.2. The second-order valence-electron chi connectivity index (χ2n) is 8.95. The number of pyridine rings is 1. The zero-order valence-electron chi connectivity index (χ0n) is 18.0. The summed E-state index contributed by atoms with van der Waals surface area (Å²) in [7, 11) is 3.63. The van der Waals surface area contributed by atoms with Crippen molar-refractivity contribution >= 4 is 17.3 Å². The van der Waals surface area contributed by atoms with Gasteiger partial charge in [0.2, 0.25) is 5.91 Å². The monoisotopic (exact) mass is 417 g/mol. The number of benzene rings is 1. The second-order valence-corrected chi connectivity index (χ2v) is 8.95. The summed E-state index contributed by atoms with van der Waals surface area (Å²) in [6, 6.07) is 14.4. The van der Waals surface area contributed by atoms with Crippen LogP contribution < -0.4 is 0 Å². The van der Waals surface area contributed by atoms with Crippen molar-refractivity contribution in [3.63, 3.8) is 0 Å². The summed E-state index contributed by atoms with van der Waals surface area (Å²) in [5, 5.41) is 4.61. The molecule has 31 heavy (non-hydrogen) atoms. The number of likely N-dealkylation sites (tertiary alicyclic amines) is 1. The Morgan fingerprint density at radius 1 is 1.03 bits per heavy atom. The lowest BCUT2D eigenvalue weighted by Crippen LogP contribution is -2.52. The van der Waals surface area contributed by atoms with E-state index in [2.05, 4.69) is 39.2 Å². The van der Waals surface area contributed by atoms with E-state index in [9.17, 15) is 9.59 Å². The summed E-state index contributed by atoms with van der Waals surface area (Å²) in [5.41, 5.74) is 4.00. The minimum Gasteiger partial charge on any atom is -0.348 e. The smallest absolute Gasteiger partial charge is 0.227 e. The van der Waals surface area contributed by atoms with Gasteiger partial charge in [-0.25, -0.2) is 9.50 Å². The number of ketones is 1. The molecule has 0 radical (unpaired) electrons. The molecule has 1 saturated carbocycles. The minimum atomic E-state index is 0.125. The SMILES string of the molecule is CN(C)C(=O)C1CN(Cc2ccc(-c3cccc4nc(CC(=O)C5CC5)nn34)cc2)C1. The zero-order valence-corrected chi connectivity index (χ0v) is 18.0. The Kier molecular flexibility index (Phi) is 5.06. The summed E-state index contributed by atoms with van der Waals surface area (Å²) in [4.78, 5) is 32.7. The molecular weight excluding hydrogens is 390 g/mol. The van der Waals surface area contributed by atoms with E-state index < -0.39 is 0 Å². The molecule has 1 aromatic carbocycles. The minimum absolute atomic E-state index is 0.125. The quantitative estimate of drug-likeness (QED) is 0.591. The molecule has 3 aromatic rings. The molecule has 2 aliphatic rings. The van der Waals surface area contributed by atoms with E-state index >= 15 is 0 Å².